The molecule has 0 spiro atoms. The van der Waals surface area contributed by atoms with E-state index in [1.54, 1.807) is 0 Å². The van der Waals surface area contributed by atoms with Crippen LogP contribution >= 0.6 is 0 Å². The maximum atomic E-state index is 12.3. The zero-order chi connectivity index (χ0) is 22.9. The summed E-state index contributed by atoms with van der Waals surface area (Å²) in [5.41, 5.74) is 2.23. The maximum Gasteiger partial charge on any atom is 0.265 e. The fraction of sp³-hybridized carbons (Fsp3) is 0.462. The summed E-state index contributed by atoms with van der Waals surface area (Å²) in [4.78, 5) is 21.4. The van der Waals surface area contributed by atoms with Gasteiger partial charge in [-0.05, 0) is 43.9 Å². The van der Waals surface area contributed by atoms with Gasteiger partial charge in [0.15, 0.2) is 12.6 Å². The van der Waals surface area contributed by atoms with Crippen molar-refractivity contribution in [2.24, 2.45) is 4.99 Å². The Morgan fingerprint density at radius 1 is 1.09 bits per heavy atom. The second-order valence-electron chi connectivity index (χ2n) is 8.60. The third kappa shape index (κ3) is 6.48. The molecule has 2 heterocycles. The van der Waals surface area contributed by atoms with Crippen molar-refractivity contribution in [3.05, 3.63) is 60.2 Å². The normalized spacial score (nSPS) is 17.4. The van der Waals surface area contributed by atoms with Crippen LogP contribution in [0.5, 0.6) is 5.75 Å². The van der Waals surface area contributed by atoms with Crippen LogP contribution in [0.2, 0.25) is 0 Å². The number of piperidine rings is 1. The highest BCUT2D eigenvalue weighted by molar-refractivity contribution is 5.97. The maximum absolute atomic E-state index is 12.3. The van der Waals surface area contributed by atoms with E-state index < -0.39 is 0 Å². The monoisotopic (exact) mass is 449 g/mol. The molecule has 0 atom stereocenters. The molecule has 0 radical (unpaired) electrons. The topological polar surface area (TPSA) is 69.2 Å². The number of para-hydroxylation sites is 2. The molecule has 0 aliphatic carbocycles. The molecule has 7 heteroatoms. The Hall–Kier alpha value is -3.06. The van der Waals surface area contributed by atoms with Gasteiger partial charge in [-0.15, -0.1) is 0 Å². The van der Waals surface area contributed by atoms with E-state index in [-0.39, 0.29) is 12.5 Å². The zero-order valence-corrected chi connectivity index (χ0v) is 19.5. The second kappa shape index (κ2) is 11.7. The van der Waals surface area contributed by atoms with Crippen LogP contribution in [0.25, 0.3) is 0 Å². The average molecular weight is 450 g/mol. The fourth-order valence-electron chi connectivity index (χ4n) is 4.41. The summed E-state index contributed by atoms with van der Waals surface area (Å²) >= 11 is 0. The van der Waals surface area contributed by atoms with Crippen molar-refractivity contribution in [2.45, 2.75) is 38.8 Å². The van der Waals surface area contributed by atoms with Crippen molar-refractivity contribution in [1.29, 1.82) is 0 Å². The van der Waals surface area contributed by atoms with Gasteiger partial charge < -0.3 is 20.3 Å². The highest BCUT2D eigenvalue weighted by Crippen LogP contribution is 2.31. The van der Waals surface area contributed by atoms with Crippen molar-refractivity contribution < 1.29 is 9.53 Å². The summed E-state index contributed by atoms with van der Waals surface area (Å²) in [6.07, 6.45) is 3.01. The summed E-state index contributed by atoms with van der Waals surface area (Å²) in [6, 6.07) is 18.8. The number of rotatable bonds is 8. The minimum absolute atomic E-state index is 0.00461. The number of hydrogen-bond acceptors (Lipinski definition) is 4. The Labute approximate surface area is 196 Å². The Kier molecular flexibility index (Phi) is 8.19. The molecule has 7 nitrogen and oxygen atoms in total. The molecule has 2 aromatic carbocycles. The fourth-order valence-corrected chi connectivity index (χ4v) is 4.41. The SMILES string of the molecule is CCNC(=NCCCN1C(=O)COc2ccccc21)NC1CCN(Cc2ccccc2)CC1. The van der Waals surface area contributed by atoms with Crippen LogP contribution in [0.1, 0.15) is 31.7 Å². The minimum Gasteiger partial charge on any atom is -0.482 e. The number of amides is 1. The quantitative estimate of drug-likeness (QED) is 0.368. The lowest BCUT2D eigenvalue weighted by molar-refractivity contribution is -0.121. The molecule has 0 unspecified atom stereocenters. The smallest absolute Gasteiger partial charge is 0.265 e. The van der Waals surface area contributed by atoms with E-state index in [1.807, 2.05) is 29.2 Å². The van der Waals surface area contributed by atoms with Gasteiger partial charge in [0, 0.05) is 45.3 Å². The largest absolute Gasteiger partial charge is 0.482 e. The molecule has 2 N–H and O–H groups in total. The number of hydrogen-bond donors (Lipinski definition) is 2. The van der Waals surface area contributed by atoms with Gasteiger partial charge in [-0.3, -0.25) is 14.7 Å². The number of carbonyl (C=O) groups is 1. The first-order valence-electron chi connectivity index (χ1n) is 12.1. The number of benzene rings is 2. The molecule has 33 heavy (non-hydrogen) atoms. The Morgan fingerprint density at radius 3 is 2.64 bits per heavy atom. The van der Waals surface area contributed by atoms with Crippen LogP contribution in [0.15, 0.2) is 59.6 Å². The lowest BCUT2D eigenvalue weighted by atomic mass is 10.0. The molecular formula is C26H35N5O2. The molecule has 2 aliphatic heterocycles. The van der Waals surface area contributed by atoms with Gasteiger partial charge in [0.2, 0.25) is 0 Å². The van der Waals surface area contributed by atoms with Crippen LogP contribution in [0, 0.1) is 0 Å². The molecule has 0 saturated carbocycles. The van der Waals surface area contributed by atoms with Crippen molar-refractivity contribution in [3.63, 3.8) is 0 Å². The van der Waals surface area contributed by atoms with Crippen molar-refractivity contribution in [1.82, 2.24) is 15.5 Å². The van der Waals surface area contributed by atoms with Gasteiger partial charge in [-0.1, -0.05) is 42.5 Å². The van der Waals surface area contributed by atoms with Crippen LogP contribution in [-0.2, 0) is 11.3 Å². The Balaban J connectivity index is 1.23. The van der Waals surface area contributed by atoms with Gasteiger partial charge in [0.1, 0.15) is 5.75 Å². The highest BCUT2D eigenvalue weighted by atomic mass is 16.5. The van der Waals surface area contributed by atoms with E-state index in [4.69, 9.17) is 9.73 Å². The van der Waals surface area contributed by atoms with Gasteiger partial charge >= 0.3 is 0 Å². The zero-order valence-electron chi connectivity index (χ0n) is 19.5. The first-order valence-corrected chi connectivity index (χ1v) is 12.1. The summed E-state index contributed by atoms with van der Waals surface area (Å²) in [5.74, 6) is 1.65. The molecule has 1 amide bonds. The van der Waals surface area contributed by atoms with Crippen LogP contribution in [-0.4, -0.2) is 62.1 Å². The van der Waals surface area contributed by atoms with E-state index >= 15 is 0 Å². The minimum atomic E-state index is 0.00461. The Bertz CT molecular complexity index is 925. The summed E-state index contributed by atoms with van der Waals surface area (Å²) in [7, 11) is 0. The van der Waals surface area contributed by atoms with Gasteiger partial charge in [0.25, 0.3) is 5.91 Å². The number of anilines is 1. The standard InChI is InChI=1S/C26H35N5O2/c1-2-27-26(29-22-13-17-30(18-14-22)19-21-9-4-3-5-10-21)28-15-8-16-31-23-11-6-7-12-24(23)33-20-25(31)32/h3-7,9-12,22H,2,8,13-20H2,1H3,(H2,27,28,29). The number of fused-ring (bicyclic) bond motifs is 1. The number of ether oxygens (including phenoxy) is 1. The van der Waals surface area contributed by atoms with Crippen LogP contribution < -0.4 is 20.3 Å². The summed E-state index contributed by atoms with van der Waals surface area (Å²) < 4.78 is 5.53. The van der Waals surface area contributed by atoms with Crippen molar-refractivity contribution >= 4 is 17.6 Å². The molecule has 4 rings (SSSR count). The Morgan fingerprint density at radius 2 is 1.85 bits per heavy atom. The van der Waals surface area contributed by atoms with Gasteiger partial charge in [-0.2, -0.15) is 0 Å². The van der Waals surface area contributed by atoms with E-state index in [0.29, 0.717) is 19.1 Å². The third-order valence-electron chi connectivity index (χ3n) is 6.14. The first-order chi connectivity index (χ1) is 16.2. The number of nitrogens with one attached hydrogen (secondary N) is 2. The first kappa shape index (κ1) is 23.1. The molecule has 1 fully saturated rings. The molecular weight excluding hydrogens is 414 g/mol. The number of aliphatic imine (C=N–C) groups is 1. The van der Waals surface area contributed by atoms with E-state index in [1.165, 1.54) is 5.56 Å². The highest BCUT2D eigenvalue weighted by Gasteiger charge is 2.24. The number of nitrogens with zero attached hydrogens (tertiary/aromatic N) is 3. The number of carbonyl (C=O) groups excluding carboxylic acids is 1. The molecule has 0 bridgehead atoms. The predicted octanol–water partition coefficient (Wildman–Crippen LogP) is 3.02. The van der Waals surface area contributed by atoms with Crippen LogP contribution in [0.4, 0.5) is 5.69 Å². The molecule has 2 aliphatic rings. The van der Waals surface area contributed by atoms with E-state index in [2.05, 4.69) is 52.8 Å². The van der Waals surface area contributed by atoms with Crippen molar-refractivity contribution in [3.8, 4) is 5.75 Å². The second-order valence-corrected chi connectivity index (χ2v) is 8.60. The molecule has 1 saturated heterocycles. The van der Waals surface area contributed by atoms with Crippen LogP contribution in [0.3, 0.4) is 0 Å². The number of likely N-dealkylation sites (tertiary alicyclic amines) is 1. The molecule has 0 aromatic heterocycles. The number of guanidine groups is 1. The van der Waals surface area contributed by atoms with Gasteiger partial charge in [0.05, 0.1) is 5.69 Å². The lowest BCUT2D eigenvalue weighted by Crippen LogP contribution is -2.48. The summed E-state index contributed by atoms with van der Waals surface area (Å²) in [5, 5.41) is 6.98. The van der Waals surface area contributed by atoms with Crippen molar-refractivity contribution in [2.75, 3.05) is 44.2 Å². The summed E-state index contributed by atoms with van der Waals surface area (Å²) in [6.45, 7) is 7.51. The lowest BCUT2D eigenvalue weighted by Gasteiger charge is -2.33. The van der Waals surface area contributed by atoms with E-state index in [9.17, 15) is 4.79 Å². The van der Waals surface area contributed by atoms with Gasteiger partial charge in [-0.25, -0.2) is 0 Å². The van der Waals surface area contributed by atoms with E-state index in [0.717, 1.165) is 62.8 Å². The predicted molar refractivity (Wildman–Crippen MR) is 133 cm³/mol. The molecule has 176 valence electrons. The average Bonchev–Trinajstić information content (AvgIpc) is 2.85. The molecule has 2 aromatic rings. The third-order valence-corrected chi connectivity index (χ3v) is 6.14.